The number of rotatable bonds is 1. The van der Waals surface area contributed by atoms with Crippen molar-refractivity contribution in [2.45, 2.75) is 19.4 Å². The number of amides is 1. The summed E-state index contributed by atoms with van der Waals surface area (Å²) in [4.78, 5) is 19.3. The third kappa shape index (κ3) is 1.30. The van der Waals surface area contributed by atoms with Gasteiger partial charge in [-0.25, -0.2) is 4.79 Å². The molecule has 1 unspecified atom stereocenters. The Bertz CT molecular complexity index is 380. The summed E-state index contributed by atoms with van der Waals surface area (Å²) in [5.74, 6) is 0. The van der Waals surface area contributed by atoms with E-state index >= 15 is 0 Å². The highest BCUT2D eigenvalue weighted by atomic mass is 16.6. The number of cyclic esters (lactones) is 1. The van der Waals surface area contributed by atoms with Crippen LogP contribution in [-0.4, -0.2) is 22.7 Å². The van der Waals surface area contributed by atoms with Gasteiger partial charge in [0.15, 0.2) is 0 Å². The highest BCUT2D eigenvalue weighted by Crippen LogP contribution is 2.24. The number of nitrogens with one attached hydrogen (secondary N) is 1. The number of carbonyl (C=O) groups is 1. The predicted octanol–water partition coefficient (Wildman–Crippen LogP) is 0.740. The van der Waals surface area contributed by atoms with Crippen molar-refractivity contribution in [3.8, 4) is 0 Å². The summed E-state index contributed by atoms with van der Waals surface area (Å²) in [6.45, 7) is 4.03. The summed E-state index contributed by atoms with van der Waals surface area (Å²) in [5, 5.41) is 2.72. The Hall–Kier alpha value is -1.65. The van der Waals surface area contributed by atoms with Gasteiger partial charge in [0.1, 0.15) is 12.1 Å². The van der Waals surface area contributed by atoms with Crippen LogP contribution in [0.5, 0.6) is 0 Å². The van der Waals surface area contributed by atoms with Gasteiger partial charge in [0.05, 0.1) is 11.4 Å². The van der Waals surface area contributed by atoms with E-state index in [9.17, 15) is 4.79 Å². The van der Waals surface area contributed by atoms with Gasteiger partial charge < -0.3 is 10.1 Å². The molecule has 1 saturated heterocycles. The summed E-state index contributed by atoms with van der Waals surface area (Å²) in [6, 6.07) is 0. The van der Waals surface area contributed by atoms with Crippen molar-refractivity contribution in [2.24, 2.45) is 0 Å². The Kier molecular flexibility index (Phi) is 1.87. The summed E-state index contributed by atoms with van der Waals surface area (Å²) < 4.78 is 4.86. The molecule has 0 saturated carbocycles. The summed E-state index contributed by atoms with van der Waals surface area (Å²) >= 11 is 0. The number of carbonyl (C=O) groups excluding carboxylic acids is 1. The topological polar surface area (TPSA) is 64.1 Å². The molecular weight excluding hydrogens is 182 g/mol. The second-order valence-electron chi connectivity index (χ2n) is 3.52. The van der Waals surface area contributed by atoms with Crippen LogP contribution in [0.4, 0.5) is 4.79 Å². The van der Waals surface area contributed by atoms with Crippen molar-refractivity contribution in [3.05, 3.63) is 23.8 Å². The number of alkyl carbamates (subject to hydrolysis) is 1. The average Bonchev–Trinajstić information content (AvgIpc) is 2.48. The van der Waals surface area contributed by atoms with Crippen LogP contribution in [0.15, 0.2) is 12.4 Å². The third-order valence-electron chi connectivity index (χ3n) is 2.27. The first-order chi connectivity index (χ1) is 6.62. The Balaban J connectivity index is 2.40. The van der Waals surface area contributed by atoms with Gasteiger partial charge in [0.25, 0.3) is 0 Å². The van der Waals surface area contributed by atoms with E-state index < -0.39 is 11.6 Å². The zero-order valence-corrected chi connectivity index (χ0v) is 8.07. The van der Waals surface area contributed by atoms with E-state index in [1.807, 2.05) is 13.8 Å². The minimum Gasteiger partial charge on any atom is -0.447 e. The molecule has 5 nitrogen and oxygen atoms in total. The summed E-state index contributed by atoms with van der Waals surface area (Å²) in [7, 11) is 0. The molecule has 1 aromatic rings. The van der Waals surface area contributed by atoms with E-state index in [1.165, 1.54) is 0 Å². The Morgan fingerprint density at radius 1 is 1.50 bits per heavy atom. The first kappa shape index (κ1) is 8.93. The molecule has 0 aliphatic carbocycles. The number of aromatic nitrogens is 2. The number of ether oxygens (including phenoxy) is 1. The van der Waals surface area contributed by atoms with E-state index in [2.05, 4.69) is 15.3 Å². The molecule has 1 aliphatic rings. The van der Waals surface area contributed by atoms with Crippen molar-refractivity contribution in [3.63, 3.8) is 0 Å². The molecule has 2 rings (SSSR count). The van der Waals surface area contributed by atoms with Gasteiger partial charge in [0, 0.05) is 12.4 Å². The van der Waals surface area contributed by atoms with E-state index in [0.29, 0.717) is 6.61 Å². The van der Waals surface area contributed by atoms with Crippen molar-refractivity contribution in [1.29, 1.82) is 0 Å². The molecule has 0 aromatic carbocycles. The second kappa shape index (κ2) is 2.94. The molecule has 0 radical (unpaired) electrons. The maximum atomic E-state index is 11.0. The Morgan fingerprint density at radius 3 is 2.79 bits per heavy atom. The maximum absolute atomic E-state index is 11.0. The van der Waals surface area contributed by atoms with E-state index in [1.54, 1.807) is 12.4 Å². The monoisotopic (exact) mass is 193 g/mol. The summed E-state index contributed by atoms with van der Waals surface area (Å²) in [6.07, 6.45) is 2.83. The zero-order chi connectivity index (χ0) is 10.2. The molecule has 14 heavy (non-hydrogen) atoms. The lowest BCUT2D eigenvalue weighted by molar-refractivity contribution is 0.173. The maximum Gasteiger partial charge on any atom is 0.408 e. The molecule has 1 amide bonds. The molecule has 1 atom stereocenters. The van der Waals surface area contributed by atoms with Crippen LogP contribution < -0.4 is 5.32 Å². The van der Waals surface area contributed by atoms with Crippen LogP contribution in [0.3, 0.4) is 0 Å². The highest BCUT2D eigenvalue weighted by Gasteiger charge is 2.39. The fourth-order valence-electron chi connectivity index (χ4n) is 1.58. The third-order valence-corrected chi connectivity index (χ3v) is 2.27. The summed E-state index contributed by atoms with van der Waals surface area (Å²) in [5.41, 5.74) is 1.02. The lowest BCUT2D eigenvalue weighted by atomic mass is 9.98. The molecule has 74 valence electrons. The van der Waals surface area contributed by atoms with Gasteiger partial charge in [-0.2, -0.15) is 0 Å². The lowest BCUT2D eigenvalue weighted by Gasteiger charge is -2.21. The first-order valence-electron chi connectivity index (χ1n) is 4.35. The molecule has 5 heteroatoms. The van der Waals surface area contributed by atoms with Gasteiger partial charge in [-0.1, -0.05) is 0 Å². The minimum atomic E-state index is -0.546. The van der Waals surface area contributed by atoms with Gasteiger partial charge in [-0.05, 0) is 13.8 Å². The second-order valence-corrected chi connectivity index (χ2v) is 3.52. The normalized spacial score (nSPS) is 25.7. The van der Waals surface area contributed by atoms with Crippen LogP contribution in [0.2, 0.25) is 0 Å². The first-order valence-corrected chi connectivity index (χ1v) is 4.35. The largest absolute Gasteiger partial charge is 0.447 e. The molecule has 1 aromatic heterocycles. The minimum absolute atomic E-state index is 0.297. The number of aryl methyl sites for hydroxylation is 1. The molecule has 2 heterocycles. The SMILES string of the molecule is Cc1nccnc1C1(C)COC(=O)N1. The lowest BCUT2D eigenvalue weighted by Crippen LogP contribution is -2.38. The van der Waals surface area contributed by atoms with Gasteiger partial charge in [-0.15, -0.1) is 0 Å². The molecule has 1 fully saturated rings. The van der Waals surface area contributed by atoms with Crippen LogP contribution in [0.25, 0.3) is 0 Å². The van der Waals surface area contributed by atoms with E-state index in [0.717, 1.165) is 11.4 Å². The number of hydrogen-bond acceptors (Lipinski definition) is 4. The average molecular weight is 193 g/mol. The van der Waals surface area contributed by atoms with Crippen LogP contribution in [0.1, 0.15) is 18.3 Å². The van der Waals surface area contributed by atoms with Gasteiger partial charge in [0.2, 0.25) is 0 Å². The predicted molar refractivity (Wildman–Crippen MR) is 48.6 cm³/mol. The standard InChI is InChI=1S/C9H11N3O2/c1-6-7(11-4-3-10-6)9(2)5-14-8(13)12-9/h3-4H,5H2,1-2H3,(H,12,13). The van der Waals surface area contributed by atoms with E-state index in [4.69, 9.17) is 4.74 Å². The quantitative estimate of drug-likeness (QED) is 0.714. The smallest absolute Gasteiger partial charge is 0.408 e. The molecule has 0 spiro atoms. The van der Waals surface area contributed by atoms with Crippen LogP contribution in [-0.2, 0) is 10.3 Å². The number of nitrogens with zero attached hydrogens (tertiary/aromatic N) is 2. The van der Waals surface area contributed by atoms with Gasteiger partial charge >= 0.3 is 6.09 Å². The van der Waals surface area contributed by atoms with Crippen molar-refractivity contribution in [1.82, 2.24) is 15.3 Å². The molecule has 0 bridgehead atoms. The molecule has 1 aliphatic heterocycles. The van der Waals surface area contributed by atoms with Crippen LogP contribution >= 0.6 is 0 Å². The molecular formula is C9H11N3O2. The fraction of sp³-hybridized carbons (Fsp3) is 0.444. The zero-order valence-electron chi connectivity index (χ0n) is 8.07. The Labute approximate surface area is 81.5 Å². The van der Waals surface area contributed by atoms with Crippen molar-refractivity contribution >= 4 is 6.09 Å². The fourth-order valence-corrected chi connectivity index (χ4v) is 1.58. The molecule has 1 N–H and O–H groups in total. The van der Waals surface area contributed by atoms with Gasteiger partial charge in [-0.3, -0.25) is 9.97 Å². The number of hydrogen-bond donors (Lipinski definition) is 1. The van der Waals surface area contributed by atoms with E-state index in [-0.39, 0.29) is 0 Å². The van der Waals surface area contributed by atoms with Crippen molar-refractivity contribution < 1.29 is 9.53 Å². The van der Waals surface area contributed by atoms with Crippen molar-refractivity contribution in [2.75, 3.05) is 6.61 Å². The Morgan fingerprint density at radius 2 is 2.21 bits per heavy atom. The highest BCUT2D eigenvalue weighted by molar-refractivity contribution is 5.71. The van der Waals surface area contributed by atoms with Crippen LogP contribution in [0, 0.1) is 6.92 Å².